The molecule has 0 spiro atoms. The summed E-state index contributed by atoms with van der Waals surface area (Å²) in [7, 11) is 0. The van der Waals surface area contributed by atoms with Gasteiger partial charge in [-0.3, -0.25) is 0 Å². The number of aromatic nitrogens is 3. The smallest absolute Gasteiger partial charge is 0.123 e. The van der Waals surface area contributed by atoms with Crippen molar-refractivity contribution in [2.24, 2.45) is 0 Å². The van der Waals surface area contributed by atoms with Crippen LogP contribution in [0.1, 0.15) is 0 Å². The van der Waals surface area contributed by atoms with E-state index in [1.54, 1.807) is 24.3 Å². The monoisotopic (exact) mass is 769 g/mol. The molecule has 0 atom stereocenters. The zero-order chi connectivity index (χ0) is 39.3. The normalized spacial score (nSPS) is 12.4. The lowest BCUT2D eigenvalue weighted by Crippen LogP contribution is -1.99. The van der Waals surface area contributed by atoms with Gasteiger partial charge in [0.05, 0.1) is 33.1 Å². The van der Waals surface area contributed by atoms with Crippen molar-refractivity contribution in [1.82, 2.24) is 13.7 Å². The standard InChI is InChI=1S/C52H27F4N3/c53-32-8-16-45-41(22-32)42-23-33(54)9-17-46(42)57(45)36-12-14-39-40-15-13-37(58-47-18-10-34(55)24-43(47)44-25-35(56)11-19-48(44)58)27-50(40)59(49(39)26-36)38-20-30-6-4-28-2-1-3-29-5-7-31(21-38)52(30)51(28)29/h1-27H. The Hall–Kier alpha value is -7.64. The van der Waals surface area contributed by atoms with E-state index < -0.39 is 0 Å². The molecule has 59 heavy (non-hydrogen) atoms. The van der Waals surface area contributed by atoms with Crippen molar-refractivity contribution in [3.63, 3.8) is 0 Å². The minimum Gasteiger partial charge on any atom is -0.309 e. The average Bonchev–Trinajstić information content (AvgIpc) is 3.86. The summed E-state index contributed by atoms with van der Waals surface area (Å²) >= 11 is 0. The molecule has 7 heteroatoms. The Morgan fingerprint density at radius 1 is 0.254 bits per heavy atom. The first-order valence-corrected chi connectivity index (χ1v) is 19.4. The summed E-state index contributed by atoms with van der Waals surface area (Å²) in [6.07, 6.45) is 0. The fourth-order valence-electron chi connectivity index (χ4n) is 9.91. The van der Waals surface area contributed by atoms with Crippen molar-refractivity contribution < 1.29 is 17.6 Å². The van der Waals surface area contributed by atoms with Crippen LogP contribution in [0.15, 0.2) is 164 Å². The molecule has 0 aliphatic carbocycles. The van der Waals surface area contributed by atoms with Crippen molar-refractivity contribution in [1.29, 1.82) is 0 Å². The third-order valence-electron chi connectivity index (χ3n) is 12.3. The van der Waals surface area contributed by atoms with Crippen LogP contribution in [0.3, 0.4) is 0 Å². The van der Waals surface area contributed by atoms with Gasteiger partial charge in [0.1, 0.15) is 23.3 Å². The molecule has 0 aliphatic heterocycles. The summed E-state index contributed by atoms with van der Waals surface area (Å²) in [5.41, 5.74) is 7.56. The average molecular weight is 770 g/mol. The van der Waals surface area contributed by atoms with E-state index in [4.69, 9.17) is 0 Å². The third-order valence-corrected chi connectivity index (χ3v) is 12.3. The van der Waals surface area contributed by atoms with Gasteiger partial charge in [0.25, 0.3) is 0 Å². The molecule has 0 radical (unpaired) electrons. The van der Waals surface area contributed by atoms with Crippen LogP contribution in [0.2, 0.25) is 0 Å². The third kappa shape index (κ3) is 4.47. The SMILES string of the molecule is Fc1ccc2c(c1)c1cc(F)ccc1n2-c1ccc2c3ccc(-n4c5ccc(F)cc5c5cc(F)ccc54)cc3n(-c3cc4ccc5cccc6ccc(c3)c4c56)c2c1. The molecule has 3 heterocycles. The van der Waals surface area contributed by atoms with Gasteiger partial charge in [-0.2, -0.15) is 0 Å². The van der Waals surface area contributed by atoms with Gasteiger partial charge in [0, 0.05) is 49.4 Å². The minimum atomic E-state index is -0.389. The Morgan fingerprint density at radius 3 is 1.02 bits per heavy atom. The summed E-state index contributed by atoms with van der Waals surface area (Å²) in [5.74, 6) is -1.56. The minimum absolute atomic E-state index is 0.389. The largest absolute Gasteiger partial charge is 0.309 e. The lowest BCUT2D eigenvalue weighted by Gasteiger charge is -2.16. The van der Waals surface area contributed by atoms with Crippen LogP contribution in [-0.2, 0) is 0 Å². The lowest BCUT2D eigenvalue weighted by atomic mass is 9.94. The highest BCUT2D eigenvalue weighted by Gasteiger charge is 2.21. The number of hydrogen-bond donors (Lipinski definition) is 0. The van der Waals surface area contributed by atoms with Gasteiger partial charge < -0.3 is 13.7 Å². The van der Waals surface area contributed by atoms with Gasteiger partial charge in [-0.05, 0) is 142 Å². The van der Waals surface area contributed by atoms with E-state index in [1.165, 1.54) is 70.1 Å². The Balaban J connectivity index is 1.14. The highest BCUT2D eigenvalue weighted by Crippen LogP contribution is 2.42. The molecule has 278 valence electrons. The Morgan fingerprint density at radius 2 is 0.610 bits per heavy atom. The predicted molar refractivity (Wildman–Crippen MR) is 233 cm³/mol. The van der Waals surface area contributed by atoms with E-state index in [2.05, 4.69) is 105 Å². The molecular weight excluding hydrogens is 743 g/mol. The van der Waals surface area contributed by atoms with E-state index in [0.29, 0.717) is 21.5 Å². The van der Waals surface area contributed by atoms with Gasteiger partial charge in [0.15, 0.2) is 0 Å². The summed E-state index contributed by atoms with van der Waals surface area (Å²) in [6, 6.07) is 50.8. The van der Waals surface area contributed by atoms with Crippen molar-refractivity contribution >= 4 is 97.7 Å². The molecule has 10 aromatic carbocycles. The zero-order valence-corrected chi connectivity index (χ0v) is 30.9. The first kappa shape index (κ1) is 32.4. The van der Waals surface area contributed by atoms with Crippen LogP contribution < -0.4 is 0 Å². The Labute approximate surface area is 332 Å². The number of halogens is 4. The lowest BCUT2D eigenvalue weighted by molar-refractivity contribution is 0.628. The summed E-state index contributed by atoms with van der Waals surface area (Å²) < 4.78 is 65.2. The van der Waals surface area contributed by atoms with Crippen LogP contribution in [0.25, 0.3) is 115 Å². The van der Waals surface area contributed by atoms with Gasteiger partial charge >= 0.3 is 0 Å². The van der Waals surface area contributed by atoms with Crippen LogP contribution in [-0.4, -0.2) is 13.7 Å². The molecule has 0 aliphatic rings. The summed E-state index contributed by atoms with van der Waals surface area (Å²) in [4.78, 5) is 0. The number of fused-ring (bicyclic) bond motifs is 9. The highest BCUT2D eigenvalue weighted by atomic mass is 19.1. The fourth-order valence-corrected chi connectivity index (χ4v) is 9.91. The molecule has 0 bridgehead atoms. The molecule has 0 unspecified atom stereocenters. The van der Waals surface area contributed by atoms with Crippen LogP contribution in [0, 0.1) is 23.3 Å². The second-order valence-corrected chi connectivity index (χ2v) is 15.5. The van der Waals surface area contributed by atoms with Gasteiger partial charge in [0.2, 0.25) is 0 Å². The van der Waals surface area contributed by atoms with Crippen LogP contribution in [0.5, 0.6) is 0 Å². The van der Waals surface area contributed by atoms with E-state index in [9.17, 15) is 17.6 Å². The predicted octanol–water partition coefficient (Wildman–Crippen LogP) is 14.4. The van der Waals surface area contributed by atoms with Gasteiger partial charge in [-0.1, -0.05) is 54.6 Å². The van der Waals surface area contributed by atoms with E-state index in [0.717, 1.165) is 71.7 Å². The number of benzene rings is 10. The second kappa shape index (κ2) is 11.5. The molecule has 0 amide bonds. The molecule has 13 aromatic rings. The van der Waals surface area contributed by atoms with Crippen molar-refractivity contribution in [2.45, 2.75) is 0 Å². The van der Waals surface area contributed by atoms with Crippen molar-refractivity contribution in [2.75, 3.05) is 0 Å². The quantitative estimate of drug-likeness (QED) is 0.126. The van der Waals surface area contributed by atoms with Gasteiger partial charge in [-0.25, -0.2) is 17.6 Å². The topological polar surface area (TPSA) is 14.8 Å². The molecule has 0 saturated carbocycles. The van der Waals surface area contributed by atoms with Crippen LogP contribution in [0.4, 0.5) is 17.6 Å². The van der Waals surface area contributed by atoms with E-state index in [-0.39, 0.29) is 23.3 Å². The maximum Gasteiger partial charge on any atom is 0.123 e. The summed E-state index contributed by atoms with van der Waals surface area (Å²) in [5, 5.41) is 11.6. The second-order valence-electron chi connectivity index (χ2n) is 15.5. The van der Waals surface area contributed by atoms with E-state index in [1.807, 2.05) is 0 Å². The Kier molecular flexibility index (Phi) is 6.32. The molecule has 13 rings (SSSR count). The molecule has 0 fully saturated rings. The maximum absolute atomic E-state index is 14.7. The number of rotatable bonds is 3. The van der Waals surface area contributed by atoms with E-state index >= 15 is 0 Å². The molecule has 3 aromatic heterocycles. The fraction of sp³-hybridized carbons (Fsp3) is 0. The van der Waals surface area contributed by atoms with Gasteiger partial charge in [-0.15, -0.1) is 0 Å². The zero-order valence-electron chi connectivity index (χ0n) is 30.9. The molecule has 0 N–H and O–H groups in total. The number of hydrogen-bond acceptors (Lipinski definition) is 0. The number of nitrogens with zero attached hydrogens (tertiary/aromatic N) is 3. The van der Waals surface area contributed by atoms with Crippen LogP contribution >= 0.6 is 0 Å². The Bertz CT molecular complexity index is 3600. The summed E-state index contributed by atoms with van der Waals surface area (Å²) in [6.45, 7) is 0. The highest BCUT2D eigenvalue weighted by molar-refractivity contribution is 6.24. The molecular formula is C52H27F4N3. The molecule has 3 nitrogen and oxygen atoms in total. The first-order valence-electron chi connectivity index (χ1n) is 19.4. The first-order chi connectivity index (χ1) is 28.9. The van der Waals surface area contributed by atoms with Crippen molar-refractivity contribution in [3.8, 4) is 17.1 Å². The van der Waals surface area contributed by atoms with Crippen molar-refractivity contribution in [3.05, 3.63) is 187 Å². The maximum atomic E-state index is 14.7. The molecule has 0 saturated heterocycles.